The van der Waals surface area contributed by atoms with Crippen LogP contribution in [0.15, 0.2) is 40.8 Å². The first-order valence-electron chi connectivity index (χ1n) is 9.92. The van der Waals surface area contributed by atoms with Crippen LogP contribution in [0.3, 0.4) is 0 Å². The molecule has 1 aromatic carbocycles. The van der Waals surface area contributed by atoms with Crippen LogP contribution in [0.25, 0.3) is 22.4 Å². The number of aromatic nitrogens is 1. The molecule has 162 valence electrons. The minimum Gasteiger partial charge on any atom is -0.430 e. The molecule has 1 fully saturated rings. The van der Waals surface area contributed by atoms with Gasteiger partial charge in [0.05, 0.1) is 16.6 Å². The Hall–Kier alpha value is -3.36. The summed E-state index contributed by atoms with van der Waals surface area (Å²) in [5, 5.41) is 1.94. The summed E-state index contributed by atoms with van der Waals surface area (Å²) in [5.41, 5.74) is -1.14. The number of nitrogens with zero attached hydrogens (tertiary/aromatic N) is 2. The van der Waals surface area contributed by atoms with Gasteiger partial charge in [0, 0.05) is 25.6 Å². The number of hydrogen-bond donors (Lipinski definition) is 1. The molecule has 0 bridgehead atoms. The van der Waals surface area contributed by atoms with Crippen LogP contribution in [0, 0.1) is 0 Å². The number of likely N-dealkylation sites (tertiary alicyclic amines) is 1. The molecule has 1 aliphatic heterocycles. The fraction of sp³-hybridized carbons (Fsp3) is 0.318. The summed E-state index contributed by atoms with van der Waals surface area (Å²) in [5.74, 6) is -1.51. The number of anilines is 1. The minimum atomic E-state index is -4.76. The molecule has 3 aromatic rings. The lowest BCUT2D eigenvalue weighted by atomic mass is 10.0. The van der Waals surface area contributed by atoms with Gasteiger partial charge in [-0.15, -0.1) is 0 Å². The van der Waals surface area contributed by atoms with Crippen molar-refractivity contribution in [2.45, 2.75) is 32.4 Å². The molecule has 1 N–H and O–H groups in total. The van der Waals surface area contributed by atoms with Gasteiger partial charge in [0.1, 0.15) is 5.69 Å². The maximum atomic E-state index is 14.0. The number of hydrogen-bond acceptors (Lipinski definition) is 4. The summed E-state index contributed by atoms with van der Waals surface area (Å²) in [6.07, 6.45) is -2.19. The van der Waals surface area contributed by atoms with Crippen molar-refractivity contribution >= 4 is 28.6 Å². The Balaban J connectivity index is 1.96. The Morgan fingerprint density at radius 1 is 1.10 bits per heavy atom. The molecule has 0 spiro atoms. The number of fused-ring (bicyclic) bond motifs is 1. The molecule has 3 heterocycles. The molecule has 0 saturated carbocycles. The van der Waals surface area contributed by atoms with Gasteiger partial charge in [-0.1, -0.05) is 30.3 Å². The fourth-order valence-electron chi connectivity index (χ4n) is 3.77. The van der Waals surface area contributed by atoms with Crippen molar-refractivity contribution in [1.82, 2.24) is 9.88 Å². The van der Waals surface area contributed by atoms with Gasteiger partial charge in [-0.3, -0.25) is 9.59 Å². The van der Waals surface area contributed by atoms with Crippen molar-refractivity contribution in [1.29, 1.82) is 0 Å². The summed E-state index contributed by atoms with van der Waals surface area (Å²) in [7, 11) is 0. The van der Waals surface area contributed by atoms with E-state index in [0.29, 0.717) is 18.7 Å². The van der Waals surface area contributed by atoms with Crippen LogP contribution in [0.5, 0.6) is 0 Å². The van der Waals surface area contributed by atoms with Gasteiger partial charge < -0.3 is 14.6 Å². The highest BCUT2D eigenvalue weighted by Gasteiger charge is 2.38. The Morgan fingerprint density at radius 3 is 2.39 bits per heavy atom. The standard InChI is InChI=1S/C22H20F3N3O3/c1-13(29)26-18-17-15(22(23,24)25)12-16(14-8-4-2-5-9-14)27-20(17)31-19(18)21(30)28-10-6-3-7-11-28/h2,4-5,8-9,12H,3,6-7,10-11H2,1H3,(H,26,29). The van der Waals surface area contributed by atoms with Gasteiger partial charge in [0.2, 0.25) is 17.4 Å². The van der Waals surface area contributed by atoms with Crippen molar-refractivity contribution in [2.75, 3.05) is 18.4 Å². The molecule has 0 aliphatic carbocycles. The van der Waals surface area contributed by atoms with Crippen molar-refractivity contribution in [3.8, 4) is 11.3 Å². The number of halogens is 3. The highest BCUT2D eigenvalue weighted by atomic mass is 19.4. The van der Waals surface area contributed by atoms with E-state index in [1.807, 2.05) is 0 Å². The number of piperidine rings is 1. The molecule has 6 nitrogen and oxygen atoms in total. The molecule has 1 aliphatic rings. The van der Waals surface area contributed by atoms with E-state index in [9.17, 15) is 22.8 Å². The molecular formula is C22H20F3N3O3. The van der Waals surface area contributed by atoms with Crippen molar-refractivity contribution in [3.05, 3.63) is 47.7 Å². The molecule has 1 saturated heterocycles. The van der Waals surface area contributed by atoms with E-state index in [0.717, 1.165) is 32.3 Å². The predicted molar refractivity (Wildman–Crippen MR) is 109 cm³/mol. The number of benzene rings is 1. The van der Waals surface area contributed by atoms with Crippen LogP contribution < -0.4 is 5.32 Å². The van der Waals surface area contributed by atoms with Gasteiger partial charge in [-0.2, -0.15) is 13.2 Å². The topological polar surface area (TPSA) is 75.4 Å². The van der Waals surface area contributed by atoms with E-state index in [4.69, 9.17) is 4.42 Å². The lowest BCUT2D eigenvalue weighted by molar-refractivity contribution is -0.136. The van der Waals surface area contributed by atoms with Gasteiger partial charge in [0.15, 0.2) is 0 Å². The van der Waals surface area contributed by atoms with Crippen LogP contribution in [0.1, 0.15) is 42.3 Å². The largest absolute Gasteiger partial charge is 0.430 e. The predicted octanol–water partition coefficient (Wildman–Crippen LogP) is 5.10. The smallest absolute Gasteiger partial charge is 0.417 e. The molecule has 0 atom stereocenters. The Labute approximate surface area is 176 Å². The number of rotatable bonds is 3. The average molecular weight is 431 g/mol. The molecule has 0 radical (unpaired) electrons. The van der Waals surface area contributed by atoms with Crippen molar-refractivity contribution in [2.24, 2.45) is 0 Å². The van der Waals surface area contributed by atoms with Gasteiger partial charge in [0.25, 0.3) is 5.91 Å². The van der Waals surface area contributed by atoms with Crippen LogP contribution >= 0.6 is 0 Å². The highest BCUT2D eigenvalue weighted by molar-refractivity contribution is 6.11. The summed E-state index contributed by atoms with van der Waals surface area (Å²) in [6, 6.07) is 9.28. The molecule has 2 aromatic heterocycles. The highest BCUT2D eigenvalue weighted by Crippen LogP contribution is 2.42. The zero-order valence-electron chi connectivity index (χ0n) is 16.8. The summed E-state index contributed by atoms with van der Waals surface area (Å²) in [6.45, 7) is 2.11. The molecule has 0 unspecified atom stereocenters. The number of amides is 2. The monoisotopic (exact) mass is 431 g/mol. The summed E-state index contributed by atoms with van der Waals surface area (Å²) < 4.78 is 47.7. The van der Waals surface area contributed by atoms with E-state index in [-0.39, 0.29) is 22.9 Å². The lowest BCUT2D eigenvalue weighted by Gasteiger charge is -2.26. The third kappa shape index (κ3) is 4.12. The third-order valence-corrected chi connectivity index (χ3v) is 5.18. The number of nitrogens with one attached hydrogen (secondary N) is 1. The van der Waals surface area contributed by atoms with E-state index in [1.165, 1.54) is 4.90 Å². The SMILES string of the molecule is CC(=O)Nc1c(C(=O)N2CCCCC2)oc2nc(-c3ccccc3)cc(C(F)(F)F)c12. The first-order chi connectivity index (χ1) is 14.8. The van der Waals surface area contributed by atoms with Gasteiger partial charge in [-0.05, 0) is 25.3 Å². The summed E-state index contributed by atoms with van der Waals surface area (Å²) >= 11 is 0. The molecule has 2 amide bonds. The maximum Gasteiger partial charge on any atom is 0.417 e. The zero-order valence-corrected chi connectivity index (χ0v) is 16.8. The van der Waals surface area contributed by atoms with Crippen molar-refractivity contribution < 1.29 is 27.2 Å². The number of alkyl halides is 3. The quantitative estimate of drug-likeness (QED) is 0.626. The second-order valence-corrected chi connectivity index (χ2v) is 7.44. The van der Waals surface area contributed by atoms with Crippen LogP contribution in [-0.4, -0.2) is 34.8 Å². The van der Waals surface area contributed by atoms with Crippen LogP contribution in [-0.2, 0) is 11.0 Å². The second-order valence-electron chi connectivity index (χ2n) is 7.44. The first-order valence-corrected chi connectivity index (χ1v) is 9.92. The van der Waals surface area contributed by atoms with Gasteiger partial charge >= 0.3 is 6.18 Å². The minimum absolute atomic E-state index is 0.0560. The van der Waals surface area contributed by atoms with E-state index in [1.54, 1.807) is 30.3 Å². The number of furan rings is 1. The lowest BCUT2D eigenvalue weighted by Crippen LogP contribution is -2.35. The normalized spacial score (nSPS) is 14.6. The first kappa shape index (κ1) is 20.9. The van der Waals surface area contributed by atoms with Crippen LogP contribution in [0.4, 0.5) is 18.9 Å². The van der Waals surface area contributed by atoms with Crippen LogP contribution in [0.2, 0.25) is 0 Å². The average Bonchev–Trinajstić information content (AvgIpc) is 3.10. The maximum absolute atomic E-state index is 14.0. The molecular weight excluding hydrogens is 411 g/mol. The molecule has 9 heteroatoms. The van der Waals surface area contributed by atoms with E-state index < -0.39 is 28.9 Å². The van der Waals surface area contributed by atoms with E-state index >= 15 is 0 Å². The number of pyridine rings is 1. The van der Waals surface area contributed by atoms with Gasteiger partial charge in [-0.25, -0.2) is 4.98 Å². The molecule has 31 heavy (non-hydrogen) atoms. The van der Waals surface area contributed by atoms with Crippen molar-refractivity contribution in [3.63, 3.8) is 0 Å². The number of carbonyl (C=O) groups is 2. The Morgan fingerprint density at radius 2 is 1.77 bits per heavy atom. The summed E-state index contributed by atoms with van der Waals surface area (Å²) in [4.78, 5) is 30.6. The molecule has 4 rings (SSSR count). The second kappa shape index (κ2) is 8.05. The third-order valence-electron chi connectivity index (χ3n) is 5.18. The fourth-order valence-corrected chi connectivity index (χ4v) is 3.77. The number of carbonyl (C=O) groups excluding carboxylic acids is 2. The zero-order chi connectivity index (χ0) is 22.2. The Kier molecular flexibility index (Phi) is 5.43. The van der Waals surface area contributed by atoms with E-state index in [2.05, 4.69) is 10.3 Å². The Bertz CT molecular complexity index is 1130.